The highest BCUT2D eigenvalue weighted by Crippen LogP contribution is 2.39. The van der Waals surface area contributed by atoms with Crippen LogP contribution in [0.4, 0.5) is 0 Å². The maximum absolute atomic E-state index is 6.93. The van der Waals surface area contributed by atoms with Crippen molar-refractivity contribution < 1.29 is 26.9 Å². The van der Waals surface area contributed by atoms with Crippen molar-refractivity contribution in [2.45, 2.75) is 135 Å². The molecule has 11 heteroatoms. The topological polar surface area (TPSA) is 55.4 Å². The number of ether oxygens (including phenoxy) is 1. The van der Waals surface area contributed by atoms with Gasteiger partial charge in [-0.1, -0.05) is 0 Å². The van der Waals surface area contributed by atoms with E-state index in [1.807, 2.05) is 0 Å². The lowest BCUT2D eigenvalue weighted by molar-refractivity contribution is -0.207. The van der Waals surface area contributed by atoms with Gasteiger partial charge in [0.2, 0.25) is 0 Å². The Hall–Kier alpha value is 0.844. The summed E-state index contributed by atoms with van der Waals surface area (Å²) in [7, 11) is -7.92. The lowest BCUT2D eigenvalue weighted by Gasteiger charge is -2.55. The molecule has 1 rings (SSSR count). The Morgan fingerprint density at radius 3 is 0.576 bits per heavy atom. The van der Waals surface area contributed by atoms with Crippen LogP contribution >= 0.6 is 0 Å². The zero-order valence-electron chi connectivity index (χ0n) is 24.4. The fraction of sp³-hybridized carbons (Fsp3) is 1.00. The van der Waals surface area contributed by atoms with Crippen LogP contribution in [0.5, 0.6) is 0 Å². The fourth-order valence-corrected chi connectivity index (χ4v) is 9.53. The first-order valence-corrected chi connectivity index (χ1v) is 29.4. The second-order valence-corrected chi connectivity index (χ2v) is 36.5. The van der Waals surface area contributed by atoms with Gasteiger partial charge in [0.05, 0.1) is 0 Å². The van der Waals surface area contributed by atoms with E-state index in [1.54, 1.807) is 7.11 Å². The third kappa shape index (κ3) is 11.6. The second-order valence-electron chi connectivity index (χ2n) is 14.2. The van der Waals surface area contributed by atoms with E-state index >= 15 is 0 Å². The van der Waals surface area contributed by atoms with Crippen LogP contribution in [-0.4, -0.2) is 85.3 Å². The van der Waals surface area contributed by atoms with Gasteiger partial charge in [0.25, 0.3) is 0 Å². The summed E-state index contributed by atoms with van der Waals surface area (Å²) < 4.78 is 40.6. The Kier molecular flexibility index (Phi) is 10.7. The Morgan fingerprint density at radius 1 is 0.303 bits per heavy atom. The molecule has 4 unspecified atom stereocenters. The molecule has 1 saturated carbocycles. The molecule has 0 radical (unpaired) electrons. The van der Waals surface area contributed by atoms with E-state index in [2.05, 4.69) is 98.2 Å². The normalized spacial score (nSPS) is 30.5. The maximum atomic E-state index is 6.93. The lowest BCUT2D eigenvalue weighted by Crippen LogP contribution is -2.72. The summed E-state index contributed by atoms with van der Waals surface area (Å²) >= 11 is 0. The molecule has 6 nitrogen and oxygen atoms in total. The van der Waals surface area contributed by atoms with Crippen molar-refractivity contribution in [3.8, 4) is 0 Å². The molecule has 0 aromatic rings. The molecule has 0 N–H and O–H groups in total. The summed E-state index contributed by atoms with van der Waals surface area (Å²) in [4.78, 5) is 0. The highest BCUT2D eigenvalue weighted by atomic mass is 28.4. The first-order chi connectivity index (χ1) is 14.4. The molecular formula is C22H54O6Si5. The zero-order chi connectivity index (χ0) is 26.2. The molecule has 0 aromatic heterocycles. The smallest absolute Gasteiger partial charge is 0.184 e. The van der Waals surface area contributed by atoms with Crippen LogP contribution in [-0.2, 0) is 26.9 Å². The van der Waals surface area contributed by atoms with E-state index in [9.17, 15) is 0 Å². The summed E-state index contributed by atoms with van der Waals surface area (Å²) in [6, 6.07) is 0. The molecule has 33 heavy (non-hydrogen) atoms. The molecule has 1 fully saturated rings. The third-order valence-electron chi connectivity index (χ3n) is 4.66. The zero-order valence-corrected chi connectivity index (χ0v) is 29.4. The molecule has 0 aliphatic heterocycles. The third-order valence-corrected chi connectivity index (χ3v) is 9.56. The van der Waals surface area contributed by atoms with E-state index < -0.39 is 41.6 Å². The average molecular weight is 555 g/mol. The Bertz CT molecular complexity index is 571. The Morgan fingerprint density at radius 2 is 0.455 bits per heavy atom. The van der Waals surface area contributed by atoms with E-state index in [4.69, 9.17) is 26.9 Å². The van der Waals surface area contributed by atoms with Gasteiger partial charge in [-0.3, -0.25) is 0 Å². The van der Waals surface area contributed by atoms with Gasteiger partial charge < -0.3 is 26.9 Å². The van der Waals surface area contributed by atoms with E-state index in [1.165, 1.54) is 0 Å². The maximum Gasteiger partial charge on any atom is 0.184 e. The summed E-state index contributed by atoms with van der Waals surface area (Å²) in [6.45, 7) is 33.4. The quantitative estimate of drug-likeness (QED) is 0.287. The molecule has 198 valence electrons. The fourth-order valence-electron chi connectivity index (χ4n) is 4.10. The van der Waals surface area contributed by atoms with Gasteiger partial charge in [-0.15, -0.1) is 0 Å². The van der Waals surface area contributed by atoms with Crippen molar-refractivity contribution in [1.82, 2.24) is 0 Å². The van der Waals surface area contributed by atoms with Crippen LogP contribution in [0.25, 0.3) is 0 Å². The molecule has 0 saturated heterocycles. The standard InChI is InChI=1S/C22H54O6Si5/c1-23-17-18(24-29(2,3)4)20(26-31(8,9)10)22(28-33(14,15)16)21(27-32(11,12)13)19(17)25-30(5,6)7/h17-22H,1-16H3. The van der Waals surface area contributed by atoms with Crippen molar-refractivity contribution >= 4 is 41.6 Å². The van der Waals surface area contributed by atoms with E-state index in [-0.39, 0.29) is 36.6 Å². The monoisotopic (exact) mass is 554 g/mol. The van der Waals surface area contributed by atoms with Gasteiger partial charge >= 0.3 is 0 Å². The van der Waals surface area contributed by atoms with Gasteiger partial charge in [-0.25, -0.2) is 0 Å². The van der Waals surface area contributed by atoms with Crippen molar-refractivity contribution in [2.75, 3.05) is 7.11 Å². The minimum Gasteiger partial charge on any atom is -0.409 e. The number of rotatable bonds is 11. The molecule has 0 aromatic carbocycles. The van der Waals surface area contributed by atoms with Crippen LogP contribution in [0.15, 0.2) is 0 Å². The summed E-state index contributed by atoms with van der Waals surface area (Å²) in [5, 5.41) is 0. The largest absolute Gasteiger partial charge is 0.409 e. The summed E-state index contributed by atoms with van der Waals surface area (Å²) in [5.41, 5.74) is 0. The van der Waals surface area contributed by atoms with Crippen LogP contribution in [0, 0.1) is 0 Å². The SMILES string of the molecule is COC1C(O[Si](C)(C)C)C(O[Si](C)(C)C)C(O[Si](C)(C)C)C(O[Si](C)(C)C)C1O[Si](C)(C)C. The predicted molar refractivity (Wildman–Crippen MR) is 152 cm³/mol. The Labute approximate surface area is 210 Å². The van der Waals surface area contributed by atoms with Crippen LogP contribution in [0.3, 0.4) is 0 Å². The minimum absolute atomic E-state index is 0.260. The van der Waals surface area contributed by atoms with Crippen LogP contribution in [0.1, 0.15) is 0 Å². The second kappa shape index (κ2) is 11.1. The lowest BCUT2D eigenvalue weighted by atomic mass is 9.85. The van der Waals surface area contributed by atoms with Gasteiger partial charge in [0, 0.05) is 7.11 Å². The Balaban J connectivity index is 3.77. The molecule has 4 atom stereocenters. The first kappa shape index (κ1) is 31.9. The average Bonchev–Trinajstić information content (AvgIpc) is 2.48. The number of hydrogen-bond donors (Lipinski definition) is 0. The number of hydrogen-bond acceptors (Lipinski definition) is 6. The predicted octanol–water partition coefficient (Wildman–Crippen LogP) is 6.12. The summed E-state index contributed by atoms with van der Waals surface area (Å²) in [6.07, 6.45) is -1.60. The highest BCUT2D eigenvalue weighted by Gasteiger charge is 2.57. The van der Waals surface area contributed by atoms with Crippen molar-refractivity contribution in [1.29, 1.82) is 0 Å². The van der Waals surface area contributed by atoms with Crippen LogP contribution in [0.2, 0.25) is 98.2 Å². The van der Waals surface area contributed by atoms with Gasteiger partial charge in [0.1, 0.15) is 36.6 Å². The molecule has 0 amide bonds. The van der Waals surface area contributed by atoms with Gasteiger partial charge in [0.15, 0.2) is 41.6 Å². The molecule has 1 aliphatic rings. The van der Waals surface area contributed by atoms with Gasteiger partial charge in [-0.05, 0) is 98.2 Å². The molecule has 1 aliphatic carbocycles. The molecule has 0 heterocycles. The molecular weight excluding hydrogens is 501 g/mol. The van der Waals surface area contributed by atoms with Crippen molar-refractivity contribution in [3.05, 3.63) is 0 Å². The number of methoxy groups -OCH3 is 1. The van der Waals surface area contributed by atoms with Crippen LogP contribution < -0.4 is 0 Å². The van der Waals surface area contributed by atoms with E-state index in [0.717, 1.165) is 0 Å². The molecule has 0 bridgehead atoms. The van der Waals surface area contributed by atoms with Crippen molar-refractivity contribution in [2.24, 2.45) is 0 Å². The molecule has 0 spiro atoms. The van der Waals surface area contributed by atoms with Crippen molar-refractivity contribution in [3.63, 3.8) is 0 Å². The highest BCUT2D eigenvalue weighted by molar-refractivity contribution is 6.71. The minimum atomic E-state index is -1.95. The van der Waals surface area contributed by atoms with Gasteiger partial charge in [-0.2, -0.15) is 0 Å². The first-order valence-electron chi connectivity index (χ1n) is 12.3. The summed E-state index contributed by atoms with van der Waals surface area (Å²) in [5.74, 6) is 0. The van der Waals surface area contributed by atoms with E-state index in [0.29, 0.717) is 0 Å².